The number of ether oxygens (including phenoxy) is 4. The Morgan fingerprint density at radius 2 is 1.72 bits per heavy atom. The minimum atomic E-state index is -0.638. The Morgan fingerprint density at radius 1 is 1.00 bits per heavy atom. The third-order valence-electron chi connectivity index (χ3n) is 5.36. The number of esters is 1. The van der Waals surface area contributed by atoms with E-state index in [-0.39, 0.29) is 17.4 Å². The number of thiocarbonyl (C=S) groups is 1. The molecule has 0 bridgehead atoms. The van der Waals surface area contributed by atoms with Gasteiger partial charge in [0.2, 0.25) is 5.76 Å². The Hall–Kier alpha value is -3.76. The van der Waals surface area contributed by atoms with E-state index in [0.29, 0.717) is 45.0 Å². The zero-order chi connectivity index (χ0) is 25.7. The molecule has 2 heterocycles. The quantitative estimate of drug-likeness (QED) is 0.166. The van der Waals surface area contributed by atoms with Crippen LogP contribution in [0.3, 0.4) is 0 Å². The van der Waals surface area contributed by atoms with E-state index in [1.54, 1.807) is 49.5 Å². The summed E-state index contributed by atoms with van der Waals surface area (Å²) in [5, 5.41) is 0. The van der Waals surface area contributed by atoms with E-state index in [4.69, 9.17) is 35.6 Å². The molecule has 36 heavy (non-hydrogen) atoms. The second-order valence-corrected chi connectivity index (χ2v) is 9.23. The average Bonchev–Trinajstić information content (AvgIpc) is 3.52. The zero-order valence-electron chi connectivity index (χ0n) is 19.8. The van der Waals surface area contributed by atoms with Crippen molar-refractivity contribution in [1.29, 1.82) is 0 Å². The highest BCUT2D eigenvalue weighted by Gasteiger charge is 2.31. The molecule has 0 atom stereocenters. The molecule has 0 spiro atoms. The van der Waals surface area contributed by atoms with Gasteiger partial charge < -0.3 is 23.4 Å². The Morgan fingerprint density at radius 3 is 2.42 bits per heavy atom. The fourth-order valence-corrected chi connectivity index (χ4v) is 4.83. The van der Waals surface area contributed by atoms with Crippen LogP contribution in [-0.4, -0.2) is 49.0 Å². The summed E-state index contributed by atoms with van der Waals surface area (Å²) in [6, 6.07) is 13.8. The molecule has 0 aliphatic carbocycles. The van der Waals surface area contributed by atoms with Gasteiger partial charge in [-0.2, -0.15) is 0 Å². The Balaban J connectivity index is 1.45. The van der Waals surface area contributed by atoms with Crippen LogP contribution in [0.4, 0.5) is 0 Å². The average molecular weight is 526 g/mol. The lowest BCUT2D eigenvalue weighted by atomic mass is 10.1. The maximum absolute atomic E-state index is 13.1. The highest BCUT2D eigenvalue weighted by atomic mass is 32.2. The van der Waals surface area contributed by atoms with Gasteiger partial charge in [0.1, 0.15) is 4.32 Å². The maximum atomic E-state index is 13.1. The molecule has 0 N–H and O–H groups in total. The van der Waals surface area contributed by atoms with E-state index in [2.05, 4.69) is 0 Å². The van der Waals surface area contributed by atoms with Crippen molar-refractivity contribution in [2.75, 3.05) is 27.9 Å². The molecule has 8 nitrogen and oxygen atoms in total. The molecule has 0 saturated carbocycles. The number of carbonyl (C=O) groups excluding carboxylic acids is 2. The summed E-state index contributed by atoms with van der Waals surface area (Å²) in [6.07, 6.45) is 3.72. The van der Waals surface area contributed by atoms with Gasteiger partial charge in [0, 0.05) is 6.54 Å². The largest absolute Gasteiger partial charge is 0.493 e. The van der Waals surface area contributed by atoms with Gasteiger partial charge in [0.05, 0.1) is 32.5 Å². The highest BCUT2D eigenvalue weighted by molar-refractivity contribution is 8.26. The molecule has 2 aromatic carbocycles. The standard InChI is InChI=1S/C26H23NO7S2/c1-30-18-8-6-16(13-21(18)31-2)10-11-27-24(28)23(36-26(27)35)15-17-7-9-19(22(14-17)32-3)34-25(29)20-5-4-12-33-20/h4-9,12-15H,10-11H2,1-3H3/b23-15-. The van der Waals surface area contributed by atoms with Gasteiger partial charge in [-0.1, -0.05) is 36.1 Å². The van der Waals surface area contributed by atoms with E-state index in [9.17, 15) is 9.59 Å². The first-order valence-electron chi connectivity index (χ1n) is 10.8. The summed E-state index contributed by atoms with van der Waals surface area (Å²) in [5.41, 5.74) is 1.69. The summed E-state index contributed by atoms with van der Waals surface area (Å²) in [5.74, 6) is 1.13. The van der Waals surface area contributed by atoms with Gasteiger partial charge in [0.15, 0.2) is 23.0 Å². The zero-order valence-corrected chi connectivity index (χ0v) is 21.4. The molecule has 1 aromatic heterocycles. The summed E-state index contributed by atoms with van der Waals surface area (Å²) in [7, 11) is 4.64. The van der Waals surface area contributed by atoms with Crippen molar-refractivity contribution in [2.45, 2.75) is 6.42 Å². The van der Waals surface area contributed by atoms with E-state index < -0.39 is 5.97 Å². The minimum absolute atomic E-state index is 0.0814. The second kappa shape index (κ2) is 11.3. The summed E-state index contributed by atoms with van der Waals surface area (Å²) in [4.78, 5) is 27.3. The number of benzene rings is 2. The Labute approximate surface area is 217 Å². The number of nitrogens with zero attached hydrogens (tertiary/aromatic N) is 1. The SMILES string of the molecule is COc1ccc(CCN2C(=O)/C(=C/c3ccc(OC(=O)c4ccco4)c(OC)c3)SC2=S)cc1OC. The molecule has 1 fully saturated rings. The Bertz CT molecular complexity index is 1320. The molecule has 1 amide bonds. The first-order valence-corrected chi connectivity index (χ1v) is 12.1. The van der Waals surface area contributed by atoms with Gasteiger partial charge in [-0.3, -0.25) is 9.69 Å². The van der Waals surface area contributed by atoms with E-state index in [0.717, 1.165) is 5.56 Å². The molecule has 3 aromatic rings. The molecule has 0 unspecified atom stereocenters. The second-order valence-electron chi connectivity index (χ2n) is 7.55. The van der Waals surface area contributed by atoms with Crippen molar-refractivity contribution < 1.29 is 33.0 Å². The molecule has 1 saturated heterocycles. The lowest BCUT2D eigenvalue weighted by molar-refractivity contribution is -0.122. The maximum Gasteiger partial charge on any atom is 0.379 e. The molecule has 0 radical (unpaired) electrons. The van der Waals surface area contributed by atoms with Gasteiger partial charge in [0.25, 0.3) is 5.91 Å². The molecule has 10 heteroatoms. The van der Waals surface area contributed by atoms with Gasteiger partial charge in [-0.05, 0) is 60.0 Å². The predicted octanol–water partition coefficient (Wildman–Crippen LogP) is 4.97. The molecule has 186 valence electrons. The fraction of sp³-hybridized carbons (Fsp3) is 0.192. The normalized spacial score (nSPS) is 14.3. The van der Waals surface area contributed by atoms with Crippen LogP contribution in [0, 0.1) is 0 Å². The third kappa shape index (κ3) is 5.55. The van der Waals surface area contributed by atoms with Crippen molar-refractivity contribution in [3.05, 3.63) is 76.6 Å². The number of hydrogen-bond acceptors (Lipinski definition) is 9. The first-order chi connectivity index (χ1) is 17.4. The van der Waals surface area contributed by atoms with Crippen LogP contribution in [0.25, 0.3) is 6.08 Å². The number of rotatable bonds is 9. The number of hydrogen-bond donors (Lipinski definition) is 0. The number of furan rings is 1. The lowest BCUT2D eigenvalue weighted by Crippen LogP contribution is -2.30. The molecule has 1 aliphatic heterocycles. The number of carbonyl (C=O) groups is 2. The van der Waals surface area contributed by atoms with Crippen molar-refractivity contribution >= 4 is 46.3 Å². The van der Waals surface area contributed by atoms with Crippen molar-refractivity contribution in [3.8, 4) is 23.0 Å². The topological polar surface area (TPSA) is 87.4 Å². The van der Waals surface area contributed by atoms with Gasteiger partial charge >= 0.3 is 5.97 Å². The number of amides is 1. The van der Waals surface area contributed by atoms with Gasteiger partial charge in [-0.15, -0.1) is 0 Å². The minimum Gasteiger partial charge on any atom is -0.493 e. The van der Waals surface area contributed by atoms with Crippen molar-refractivity contribution in [2.24, 2.45) is 0 Å². The molecular weight excluding hydrogens is 502 g/mol. The van der Waals surface area contributed by atoms with Crippen molar-refractivity contribution in [3.63, 3.8) is 0 Å². The van der Waals surface area contributed by atoms with E-state index in [1.165, 1.54) is 31.2 Å². The van der Waals surface area contributed by atoms with Crippen LogP contribution in [0.5, 0.6) is 23.0 Å². The van der Waals surface area contributed by atoms with Gasteiger partial charge in [-0.25, -0.2) is 4.79 Å². The lowest BCUT2D eigenvalue weighted by Gasteiger charge is -2.15. The smallest absolute Gasteiger partial charge is 0.379 e. The van der Waals surface area contributed by atoms with Crippen molar-refractivity contribution in [1.82, 2.24) is 4.90 Å². The fourth-order valence-electron chi connectivity index (χ4n) is 3.52. The Kier molecular flexibility index (Phi) is 7.97. The van der Waals surface area contributed by atoms with Crippen LogP contribution in [-0.2, 0) is 11.2 Å². The van der Waals surface area contributed by atoms with Crippen LogP contribution in [0.2, 0.25) is 0 Å². The summed E-state index contributed by atoms with van der Waals surface area (Å²) >= 11 is 6.70. The third-order valence-corrected chi connectivity index (χ3v) is 6.73. The number of thioether (sulfide) groups is 1. The molecule has 1 aliphatic rings. The molecule has 4 rings (SSSR count). The van der Waals surface area contributed by atoms with Crippen LogP contribution < -0.4 is 18.9 Å². The monoisotopic (exact) mass is 525 g/mol. The summed E-state index contributed by atoms with van der Waals surface area (Å²) in [6.45, 7) is 0.433. The van der Waals surface area contributed by atoms with Crippen LogP contribution >= 0.6 is 24.0 Å². The molecular formula is C26H23NO7S2. The predicted molar refractivity (Wildman–Crippen MR) is 140 cm³/mol. The first kappa shape index (κ1) is 25.3. The highest BCUT2D eigenvalue weighted by Crippen LogP contribution is 2.35. The van der Waals surface area contributed by atoms with Crippen LogP contribution in [0.15, 0.2) is 64.1 Å². The number of methoxy groups -OCH3 is 3. The van der Waals surface area contributed by atoms with Crippen LogP contribution in [0.1, 0.15) is 21.7 Å². The van der Waals surface area contributed by atoms with E-state index in [1.807, 2.05) is 18.2 Å². The van der Waals surface area contributed by atoms with E-state index >= 15 is 0 Å². The summed E-state index contributed by atoms with van der Waals surface area (Å²) < 4.78 is 26.9.